The molecule has 40 heteroatoms. The lowest BCUT2D eigenvalue weighted by atomic mass is 10.00. The fourth-order valence-electron chi connectivity index (χ4n) is 8.35. The van der Waals surface area contributed by atoms with Crippen LogP contribution < -0.4 is 81.0 Å². The third kappa shape index (κ3) is 30.8. The summed E-state index contributed by atoms with van der Waals surface area (Å²) in [5.74, 6) is -20.7. The molecule has 13 amide bonds. The van der Waals surface area contributed by atoms with Crippen molar-refractivity contribution in [1.82, 2.24) is 68.7 Å². The Balaban J connectivity index is 2.93. The van der Waals surface area contributed by atoms with E-state index in [0.717, 1.165) is 6.92 Å². The van der Waals surface area contributed by atoms with Gasteiger partial charge in [0.15, 0.2) is 5.96 Å². The number of aliphatic hydroxyl groups is 1. The van der Waals surface area contributed by atoms with Gasteiger partial charge in [-0.3, -0.25) is 81.7 Å². The fourth-order valence-corrected chi connectivity index (χ4v) is 8.61. The van der Waals surface area contributed by atoms with Crippen molar-refractivity contribution in [2.75, 3.05) is 51.6 Å². The minimum absolute atomic E-state index is 0.0901. The van der Waals surface area contributed by atoms with Crippen LogP contribution in [0.15, 0.2) is 4.99 Å². The number of thiol groups is 1. The summed E-state index contributed by atoms with van der Waals surface area (Å²) >= 11 is 4.03. The quantitative estimate of drug-likeness (QED) is 0.0117. The smallest absolute Gasteiger partial charge is 0.326 e. The number of carboxylic acid groups (broad SMARTS) is 4. The summed E-state index contributed by atoms with van der Waals surface area (Å²) in [6.07, 6.45) is -2.44. The maximum Gasteiger partial charge on any atom is 0.326 e. The number of nitrogens with two attached hydrogens (primary N) is 3. The van der Waals surface area contributed by atoms with E-state index in [1.54, 1.807) is 27.7 Å². The van der Waals surface area contributed by atoms with E-state index >= 15 is 0 Å². The van der Waals surface area contributed by atoms with Crippen LogP contribution in [0.5, 0.6) is 0 Å². The molecule has 1 fully saturated rings. The van der Waals surface area contributed by atoms with Gasteiger partial charge < -0.3 is 111 Å². The molecule has 23 N–H and O–H groups in total. The van der Waals surface area contributed by atoms with Gasteiger partial charge in [-0.05, 0) is 57.3 Å². The van der Waals surface area contributed by atoms with Crippen LogP contribution in [0.25, 0.3) is 0 Å². The monoisotopic (exact) mass is 1330 g/mol. The summed E-state index contributed by atoms with van der Waals surface area (Å²) in [7, 11) is 0. The average molecular weight is 1330 g/mol. The number of carbonyl (C=O) groups is 17. The Hall–Kier alpha value is -9.47. The largest absolute Gasteiger partial charge is 0.481 e. The molecular formula is C52H85N17O22S. The molecule has 1 heterocycles. The van der Waals surface area contributed by atoms with Gasteiger partial charge in [0.25, 0.3) is 0 Å². The highest BCUT2D eigenvalue weighted by molar-refractivity contribution is 7.80. The van der Waals surface area contributed by atoms with E-state index in [9.17, 15) is 107 Å². The lowest BCUT2D eigenvalue weighted by Gasteiger charge is -2.28. The van der Waals surface area contributed by atoms with E-state index < -0.39 is 231 Å². The molecule has 0 aromatic heterocycles. The van der Waals surface area contributed by atoms with E-state index in [1.165, 1.54) is 4.90 Å². The van der Waals surface area contributed by atoms with E-state index in [4.69, 9.17) is 17.2 Å². The average Bonchev–Trinajstić information content (AvgIpc) is 1.63. The van der Waals surface area contributed by atoms with Gasteiger partial charge in [-0.15, -0.1) is 0 Å². The van der Waals surface area contributed by atoms with E-state index in [-0.39, 0.29) is 44.2 Å². The molecule has 1 saturated heterocycles. The van der Waals surface area contributed by atoms with Gasteiger partial charge in [0.1, 0.15) is 54.4 Å². The number of likely N-dealkylation sites (tertiary alicyclic amines) is 1. The van der Waals surface area contributed by atoms with Crippen LogP contribution in [0.1, 0.15) is 92.4 Å². The Morgan fingerprint density at radius 2 is 1.04 bits per heavy atom. The summed E-state index contributed by atoms with van der Waals surface area (Å²) in [5, 5.41) is 74.1. The highest BCUT2D eigenvalue weighted by Crippen LogP contribution is 2.19. The Bertz CT molecular complexity index is 2720. The zero-order chi connectivity index (χ0) is 70.1. The molecule has 0 aromatic rings. The van der Waals surface area contributed by atoms with Crippen LogP contribution in [0.2, 0.25) is 0 Å². The summed E-state index contributed by atoms with van der Waals surface area (Å²) < 4.78 is 0. The number of aliphatic hydroxyl groups excluding tert-OH is 1. The van der Waals surface area contributed by atoms with Gasteiger partial charge in [0.05, 0.1) is 51.7 Å². The van der Waals surface area contributed by atoms with Crippen molar-refractivity contribution in [3.63, 3.8) is 0 Å². The van der Waals surface area contributed by atoms with Crippen LogP contribution in [-0.4, -0.2) is 249 Å². The predicted octanol–water partition coefficient (Wildman–Crippen LogP) is -9.76. The van der Waals surface area contributed by atoms with Gasteiger partial charge in [-0.1, -0.05) is 27.7 Å². The molecular weight excluding hydrogens is 1250 g/mol. The van der Waals surface area contributed by atoms with E-state index in [1.807, 2.05) is 10.6 Å². The lowest BCUT2D eigenvalue weighted by molar-refractivity contribution is -0.144. The number of amides is 13. The van der Waals surface area contributed by atoms with Crippen molar-refractivity contribution >= 4 is 119 Å². The first-order chi connectivity index (χ1) is 43.0. The first-order valence-corrected chi connectivity index (χ1v) is 29.4. The van der Waals surface area contributed by atoms with Crippen molar-refractivity contribution < 1.29 is 107 Å². The number of guanidine groups is 1. The summed E-state index contributed by atoms with van der Waals surface area (Å²) in [6, 6.07) is -15.2. The zero-order valence-electron chi connectivity index (χ0n) is 51.2. The number of aliphatic imine (C=N–C) groups is 1. The van der Waals surface area contributed by atoms with Gasteiger partial charge >= 0.3 is 23.9 Å². The fraction of sp³-hybridized carbons (Fsp3) is 0.654. The topological polar surface area (TPSA) is 629 Å². The third-order valence-corrected chi connectivity index (χ3v) is 13.5. The molecule has 10 atom stereocenters. The number of aliphatic carboxylic acids is 4. The molecule has 1 aliphatic heterocycles. The second kappa shape index (κ2) is 41.0. The summed E-state index contributed by atoms with van der Waals surface area (Å²) in [6.45, 7) is 3.60. The molecule has 39 nitrogen and oxygen atoms in total. The third-order valence-electron chi connectivity index (χ3n) is 13.2. The minimum atomic E-state index is -2.02. The van der Waals surface area contributed by atoms with Crippen molar-refractivity contribution in [3.8, 4) is 0 Å². The Kier molecular flexibility index (Phi) is 35.9. The first kappa shape index (κ1) is 80.5. The molecule has 0 radical (unpaired) electrons. The predicted molar refractivity (Wildman–Crippen MR) is 320 cm³/mol. The molecule has 0 bridgehead atoms. The van der Waals surface area contributed by atoms with Gasteiger partial charge in [-0.2, -0.15) is 12.6 Å². The molecule has 92 heavy (non-hydrogen) atoms. The van der Waals surface area contributed by atoms with Crippen molar-refractivity contribution in [2.45, 2.75) is 153 Å². The first-order valence-electron chi connectivity index (χ1n) is 28.7. The Morgan fingerprint density at radius 3 is 1.54 bits per heavy atom. The Labute approximate surface area is 531 Å². The zero-order valence-corrected chi connectivity index (χ0v) is 52.1. The van der Waals surface area contributed by atoms with Gasteiger partial charge in [0, 0.05) is 25.3 Å². The molecule has 0 spiro atoms. The second-order valence-electron chi connectivity index (χ2n) is 21.6. The van der Waals surface area contributed by atoms with Gasteiger partial charge in [-0.25, -0.2) is 4.79 Å². The maximum absolute atomic E-state index is 13.4. The standard InChI is InChI=1S/C52H85N17O22S/c1-23(2)14-28(48(87)68-41(24(3)4)51(90)91)65-50(89)33-9-7-13-69(33)37(74)20-57-34(71)17-59-45(84)31(21-70)66-47(86)30(16-40(79)80)63-36(73)19-60-44(83)27(10-11-38(75)76)64-49(88)32(22-92)67-42(81)25(5)61-46(85)29(15-39(77)78)62-35(72)18-58-43(82)26(53)8-6-12-56-52(54)55/h23-33,41,70,92H,6-22,53H2,1-5H3,(H,57,71)(H,58,82)(H,59,84)(H,60,83)(H,61,85)(H,62,72)(H,63,73)(H,64,88)(H,65,89)(H,66,86)(H,67,81)(H,68,87)(H,75,76)(H,77,78)(H,79,80)(H,90,91)(H4,54,55,56)/t25-,26-,27-,28-,29-,30-,31-,32-,33-,41-/m0/s1. The van der Waals surface area contributed by atoms with Crippen LogP contribution in [0, 0.1) is 11.8 Å². The van der Waals surface area contributed by atoms with Crippen LogP contribution >= 0.6 is 12.6 Å². The number of nitrogens with one attached hydrogen (secondary N) is 12. The highest BCUT2D eigenvalue weighted by Gasteiger charge is 2.38. The van der Waals surface area contributed by atoms with Crippen LogP contribution in [-0.2, 0) is 81.5 Å². The number of rotatable bonds is 42. The SMILES string of the molecule is CC(C)C[C@H](NC(=O)[C@@H]1CCCN1C(=O)CNC(=O)CNC(=O)[C@H](CO)NC(=O)[C@H](CC(=O)O)NC(=O)CNC(=O)[C@H](CCC(=O)O)NC(=O)[C@H](CS)NC(=O)[C@H](C)NC(=O)[C@H](CC(=O)O)NC(=O)CNC(=O)[C@@H](N)CCCN=C(N)N)C(=O)N[C@H](C(=O)O)C(C)C. The highest BCUT2D eigenvalue weighted by atomic mass is 32.1. The number of nitrogens with zero attached hydrogens (tertiary/aromatic N) is 2. The second-order valence-corrected chi connectivity index (χ2v) is 22.0. The number of carboxylic acids is 4. The molecule has 1 rings (SSSR count). The normalized spacial score (nSPS) is 15.5. The van der Waals surface area contributed by atoms with E-state index in [2.05, 4.69) is 70.8 Å². The van der Waals surface area contributed by atoms with Gasteiger partial charge in [0.2, 0.25) is 76.8 Å². The van der Waals surface area contributed by atoms with Crippen molar-refractivity contribution in [2.24, 2.45) is 34.0 Å². The number of hydrogen-bond donors (Lipinski definition) is 21. The van der Waals surface area contributed by atoms with Crippen molar-refractivity contribution in [3.05, 3.63) is 0 Å². The maximum atomic E-state index is 13.4. The number of hydrogen-bond acceptors (Lipinski definition) is 21. The van der Waals surface area contributed by atoms with Crippen LogP contribution in [0.4, 0.5) is 0 Å². The molecule has 516 valence electrons. The summed E-state index contributed by atoms with van der Waals surface area (Å²) in [4.78, 5) is 221. The Morgan fingerprint density at radius 1 is 0.543 bits per heavy atom. The van der Waals surface area contributed by atoms with E-state index in [0.29, 0.717) is 12.8 Å². The molecule has 0 aliphatic carbocycles. The molecule has 1 aliphatic rings. The van der Waals surface area contributed by atoms with Crippen LogP contribution in [0.3, 0.4) is 0 Å². The molecule has 0 aromatic carbocycles. The minimum Gasteiger partial charge on any atom is -0.481 e. The summed E-state index contributed by atoms with van der Waals surface area (Å²) in [5.41, 5.74) is 16.3. The van der Waals surface area contributed by atoms with Crippen molar-refractivity contribution in [1.29, 1.82) is 0 Å². The lowest BCUT2D eigenvalue weighted by Crippen LogP contribution is -2.59. The molecule has 0 saturated carbocycles. The number of carbonyl (C=O) groups excluding carboxylic acids is 13. The molecule has 0 unspecified atom stereocenters.